The summed E-state index contributed by atoms with van der Waals surface area (Å²) in [5.74, 6) is 0. The second-order valence-electron chi connectivity index (χ2n) is 3.84. The molecular formula is C14H14N2O2S. The van der Waals surface area contributed by atoms with Gasteiger partial charge in [0.2, 0.25) is 0 Å². The molecule has 0 heterocycles. The predicted octanol–water partition coefficient (Wildman–Crippen LogP) is 2.85. The summed E-state index contributed by atoms with van der Waals surface area (Å²) in [7, 11) is -3.50. The van der Waals surface area contributed by atoms with E-state index in [4.69, 9.17) is 0 Å². The zero-order chi connectivity index (χ0) is 13.7. The van der Waals surface area contributed by atoms with Crippen LogP contribution in [0.5, 0.6) is 0 Å². The molecule has 0 spiro atoms. The van der Waals surface area contributed by atoms with Crippen LogP contribution in [0.1, 0.15) is 0 Å². The van der Waals surface area contributed by atoms with E-state index in [1.807, 2.05) is 30.3 Å². The molecule has 0 aliphatic heterocycles. The van der Waals surface area contributed by atoms with Crippen LogP contribution in [-0.4, -0.2) is 8.42 Å². The Labute approximate surface area is 112 Å². The maximum atomic E-state index is 11.7. The molecule has 0 aliphatic rings. The quantitative estimate of drug-likeness (QED) is 0.881. The van der Waals surface area contributed by atoms with Crippen molar-refractivity contribution in [2.24, 2.45) is 0 Å². The van der Waals surface area contributed by atoms with E-state index in [9.17, 15) is 8.42 Å². The van der Waals surface area contributed by atoms with Gasteiger partial charge in [0, 0.05) is 17.6 Å². The third-order valence-electron chi connectivity index (χ3n) is 2.47. The van der Waals surface area contributed by atoms with Crippen molar-refractivity contribution >= 4 is 21.4 Å². The molecule has 0 unspecified atom stereocenters. The Kier molecular flexibility index (Phi) is 3.87. The van der Waals surface area contributed by atoms with Crippen LogP contribution >= 0.6 is 0 Å². The first-order valence-electron chi connectivity index (χ1n) is 5.67. The number of benzene rings is 2. The van der Waals surface area contributed by atoms with Crippen molar-refractivity contribution in [1.29, 1.82) is 0 Å². The molecule has 0 aromatic heterocycles. The van der Waals surface area contributed by atoms with Gasteiger partial charge in [-0.15, -0.1) is 0 Å². The third kappa shape index (κ3) is 3.35. The minimum atomic E-state index is -3.50. The number of hydrogen-bond acceptors (Lipinski definition) is 3. The van der Waals surface area contributed by atoms with E-state index in [0.29, 0.717) is 0 Å². The van der Waals surface area contributed by atoms with Crippen LogP contribution in [0, 0.1) is 0 Å². The molecule has 0 saturated carbocycles. The first-order chi connectivity index (χ1) is 9.12. The molecule has 0 fully saturated rings. The average Bonchev–Trinajstić information content (AvgIpc) is 2.40. The van der Waals surface area contributed by atoms with E-state index >= 15 is 0 Å². The minimum absolute atomic E-state index is 0.200. The predicted molar refractivity (Wildman–Crippen MR) is 76.7 cm³/mol. The molecule has 4 nitrogen and oxygen atoms in total. The fourth-order valence-electron chi connectivity index (χ4n) is 1.58. The summed E-state index contributed by atoms with van der Waals surface area (Å²) in [5.41, 5.74) is 1.77. The van der Waals surface area contributed by atoms with Crippen LogP contribution in [-0.2, 0) is 10.0 Å². The highest BCUT2D eigenvalue weighted by Gasteiger charge is 2.10. The summed E-state index contributed by atoms with van der Waals surface area (Å²) in [6.45, 7) is 3.34. The number of rotatable bonds is 5. The largest absolute Gasteiger partial charge is 0.356 e. The fourth-order valence-corrected chi connectivity index (χ4v) is 2.43. The fraction of sp³-hybridized carbons (Fsp3) is 0. The smallest absolute Gasteiger partial charge is 0.261 e. The normalized spacial score (nSPS) is 10.7. The van der Waals surface area contributed by atoms with Gasteiger partial charge in [-0.3, -0.25) is 4.72 Å². The van der Waals surface area contributed by atoms with Crippen molar-refractivity contribution in [3.8, 4) is 0 Å². The van der Waals surface area contributed by atoms with Crippen molar-refractivity contribution in [1.82, 2.24) is 4.72 Å². The van der Waals surface area contributed by atoms with Crippen molar-refractivity contribution in [3.63, 3.8) is 0 Å². The van der Waals surface area contributed by atoms with Gasteiger partial charge in [0.25, 0.3) is 10.0 Å². The number of sulfonamides is 1. The molecule has 0 aliphatic carbocycles. The lowest BCUT2D eigenvalue weighted by molar-refractivity contribution is 0.590. The lowest BCUT2D eigenvalue weighted by Gasteiger charge is -2.08. The summed E-state index contributed by atoms with van der Waals surface area (Å²) < 4.78 is 25.6. The number of nitrogens with one attached hydrogen (secondary N) is 2. The highest BCUT2D eigenvalue weighted by atomic mass is 32.2. The highest BCUT2D eigenvalue weighted by molar-refractivity contribution is 7.89. The molecule has 98 valence electrons. The Bertz CT molecular complexity index is 650. The van der Waals surface area contributed by atoms with Gasteiger partial charge in [0.15, 0.2) is 0 Å². The monoisotopic (exact) mass is 274 g/mol. The van der Waals surface area contributed by atoms with Gasteiger partial charge in [0.1, 0.15) is 0 Å². The molecule has 19 heavy (non-hydrogen) atoms. The first-order valence-corrected chi connectivity index (χ1v) is 7.15. The zero-order valence-corrected chi connectivity index (χ0v) is 11.0. The molecule has 0 radical (unpaired) electrons. The summed E-state index contributed by atoms with van der Waals surface area (Å²) in [4.78, 5) is 0.200. The maximum absolute atomic E-state index is 11.7. The van der Waals surface area contributed by atoms with Gasteiger partial charge in [0.05, 0.1) is 4.90 Å². The molecule has 2 aromatic rings. The lowest BCUT2D eigenvalue weighted by Crippen LogP contribution is -2.17. The van der Waals surface area contributed by atoms with Crippen molar-refractivity contribution in [2.45, 2.75) is 4.90 Å². The molecule has 0 bridgehead atoms. The number of para-hydroxylation sites is 1. The number of anilines is 2. The van der Waals surface area contributed by atoms with Crippen LogP contribution < -0.4 is 10.0 Å². The van der Waals surface area contributed by atoms with Crippen molar-refractivity contribution in [3.05, 3.63) is 67.4 Å². The third-order valence-corrected chi connectivity index (χ3v) is 3.84. The molecule has 0 saturated heterocycles. The number of hydrogen-bond donors (Lipinski definition) is 2. The van der Waals surface area contributed by atoms with Crippen LogP contribution in [0.15, 0.2) is 72.3 Å². The maximum Gasteiger partial charge on any atom is 0.261 e. The van der Waals surface area contributed by atoms with E-state index in [-0.39, 0.29) is 4.90 Å². The second kappa shape index (κ2) is 5.58. The highest BCUT2D eigenvalue weighted by Crippen LogP contribution is 2.18. The summed E-state index contributed by atoms with van der Waals surface area (Å²) in [6.07, 6.45) is 1.14. The Hall–Kier alpha value is -2.27. The molecule has 0 atom stereocenters. The molecule has 2 N–H and O–H groups in total. The van der Waals surface area contributed by atoms with Crippen LogP contribution in [0.4, 0.5) is 11.4 Å². The van der Waals surface area contributed by atoms with Crippen molar-refractivity contribution in [2.75, 3.05) is 5.32 Å². The van der Waals surface area contributed by atoms with E-state index in [2.05, 4.69) is 16.6 Å². The molecule has 5 heteroatoms. The molecule has 2 aromatic carbocycles. The Balaban J connectivity index is 2.17. The lowest BCUT2D eigenvalue weighted by atomic mass is 10.3. The van der Waals surface area contributed by atoms with E-state index in [1.54, 1.807) is 12.1 Å². The molecule has 0 amide bonds. The topological polar surface area (TPSA) is 58.2 Å². The van der Waals surface area contributed by atoms with Gasteiger partial charge >= 0.3 is 0 Å². The second-order valence-corrected chi connectivity index (χ2v) is 5.55. The Morgan fingerprint density at radius 2 is 1.47 bits per heavy atom. The Morgan fingerprint density at radius 3 is 2.05 bits per heavy atom. The van der Waals surface area contributed by atoms with Gasteiger partial charge in [-0.05, 0) is 36.4 Å². The van der Waals surface area contributed by atoms with Gasteiger partial charge < -0.3 is 5.32 Å². The summed E-state index contributed by atoms with van der Waals surface area (Å²) in [5, 5.41) is 3.18. The van der Waals surface area contributed by atoms with Crippen LogP contribution in [0.3, 0.4) is 0 Å². The SMILES string of the molecule is C=CNS(=O)(=O)c1ccc(Nc2ccccc2)cc1. The summed E-state index contributed by atoms with van der Waals surface area (Å²) >= 11 is 0. The van der Waals surface area contributed by atoms with Gasteiger partial charge in [-0.25, -0.2) is 8.42 Å². The summed E-state index contributed by atoms with van der Waals surface area (Å²) in [6, 6.07) is 16.2. The Morgan fingerprint density at radius 1 is 0.895 bits per heavy atom. The molecule has 2 rings (SSSR count). The van der Waals surface area contributed by atoms with E-state index in [0.717, 1.165) is 17.6 Å². The minimum Gasteiger partial charge on any atom is -0.356 e. The zero-order valence-electron chi connectivity index (χ0n) is 10.2. The van der Waals surface area contributed by atoms with Gasteiger partial charge in [-0.1, -0.05) is 24.8 Å². The van der Waals surface area contributed by atoms with Crippen LogP contribution in [0.2, 0.25) is 0 Å². The van der Waals surface area contributed by atoms with Gasteiger partial charge in [-0.2, -0.15) is 0 Å². The first kappa shape index (κ1) is 13.2. The van der Waals surface area contributed by atoms with Crippen molar-refractivity contribution < 1.29 is 8.42 Å². The van der Waals surface area contributed by atoms with E-state index < -0.39 is 10.0 Å². The van der Waals surface area contributed by atoms with E-state index in [1.165, 1.54) is 12.1 Å². The van der Waals surface area contributed by atoms with Crippen LogP contribution in [0.25, 0.3) is 0 Å². The molecular weight excluding hydrogens is 260 g/mol. The standard InChI is InChI=1S/C14H14N2O2S/c1-2-15-19(17,18)14-10-8-13(9-11-14)16-12-6-4-3-5-7-12/h2-11,15-16H,1H2. The average molecular weight is 274 g/mol.